The van der Waals surface area contributed by atoms with E-state index in [4.69, 9.17) is 0 Å². The van der Waals surface area contributed by atoms with E-state index in [1.54, 1.807) is 6.92 Å². The minimum absolute atomic E-state index is 0.627. The van der Waals surface area contributed by atoms with Crippen LogP contribution in [0, 0.1) is 23.2 Å². The molecular weight excluding hydrogens is 204 g/mol. The van der Waals surface area contributed by atoms with Gasteiger partial charge in [-0.05, 0) is 0 Å². The minimum atomic E-state index is -1.32. The highest BCUT2D eigenvalue weighted by Gasteiger charge is 2.79. The molecule has 1 saturated carbocycles. The fourth-order valence-corrected chi connectivity index (χ4v) is 2.96. The molecule has 2 heterocycles. The maximum absolute atomic E-state index is 11.3. The van der Waals surface area contributed by atoms with Crippen molar-refractivity contribution in [3.63, 3.8) is 0 Å². The first-order chi connectivity index (χ1) is 6.98. The van der Waals surface area contributed by atoms with Crippen LogP contribution in [-0.2, 0) is 23.9 Å². The molecule has 80 valence electrons. The summed E-state index contributed by atoms with van der Waals surface area (Å²) in [4.78, 5) is 33.9. The maximum Gasteiger partial charge on any atom is 0.318 e. The number of hydrogen-bond donors (Lipinski definition) is 1. The third-order valence-electron chi connectivity index (χ3n) is 3.80. The van der Waals surface area contributed by atoms with Crippen LogP contribution in [0.5, 0.6) is 0 Å². The molecule has 0 aromatic carbocycles. The van der Waals surface area contributed by atoms with Crippen molar-refractivity contribution in [2.45, 2.75) is 13.2 Å². The highest BCUT2D eigenvalue weighted by atomic mass is 16.6. The predicted octanol–water partition coefficient (Wildman–Crippen LogP) is -1.19. The summed E-state index contributed by atoms with van der Waals surface area (Å²) in [5.41, 5.74) is -0.995. The van der Waals surface area contributed by atoms with E-state index < -0.39 is 47.4 Å². The molecular formula is C9H8O6. The van der Waals surface area contributed by atoms with Crippen LogP contribution in [0.1, 0.15) is 6.92 Å². The summed E-state index contributed by atoms with van der Waals surface area (Å²) in [5.74, 6) is -4.21. The molecule has 3 aliphatic rings. The molecule has 5 atom stereocenters. The number of fused-ring (bicyclic) bond motifs is 4. The quantitative estimate of drug-likeness (QED) is 0.401. The average molecular weight is 212 g/mol. The Morgan fingerprint density at radius 1 is 1.13 bits per heavy atom. The van der Waals surface area contributed by atoms with E-state index in [-0.39, 0.29) is 0 Å². The Bertz CT molecular complexity index is 393. The molecule has 6 heteroatoms. The van der Waals surface area contributed by atoms with Crippen LogP contribution in [0.15, 0.2) is 0 Å². The van der Waals surface area contributed by atoms with Crippen molar-refractivity contribution in [3.8, 4) is 0 Å². The van der Waals surface area contributed by atoms with Crippen molar-refractivity contribution in [2.75, 3.05) is 0 Å². The molecule has 5 unspecified atom stereocenters. The van der Waals surface area contributed by atoms with Gasteiger partial charge in [0, 0.05) is 0 Å². The normalized spacial score (nSPS) is 51.7. The van der Waals surface area contributed by atoms with Crippen LogP contribution >= 0.6 is 0 Å². The van der Waals surface area contributed by atoms with Crippen LogP contribution in [0.25, 0.3) is 0 Å². The van der Waals surface area contributed by atoms with Gasteiger partial charge in [0.05, 0.1) is 23.2 Å². The van der Waals surface area contributed by atoms with Gasteiger partial charge in [-0.1, -0.05) is 6.92 Å². The van der Waals surface area contributed by atoms with Gasteiger partial charge in [-0.3, -0.25) is 14.4 Å². The zero-order valence-electron chi connectivity index (χ0n) is 7.80. The van der Waals surface area contributed by atoms with Crippen molar-refractivity contribution < 1.29 is 29.0 Å². The van der Waals surface area contributed by atoms with E-state index in [1.165, 1.54) is 0 Å². The van der Waals surface area contributed by atoms with Crippen LogP contribution < -0.4 is 0 Å². The molecule has 3 rings (SSSR count). The molecule has 0 amide bonds. The topological polar surface area (TPSA) is 89.9 Å². The summed E-state index contributed by atoms with van der Waals surface area (Å²) in [6.45, 7) is 1.56. The van der Waals surface area contributed by atoms with Crippen molar-refractivity contribution in [3.05, 3.63) is 0 Å². The first-order valence-electron chi connectivity index (χ1n) is 4.62. The molecule has 2 aliphatic heterocycles. The molecule has 0 bridgehead atoms. The Morgan fingerprint density at radius 2 is 1.73 bits per heavy atom. The number of aliphatic hydroxyl groups excluding tert-OH is 1. The Hall–Kier alpha value is -1.43. The summed E-state index contributed by atoms with van der Waals surface area (Å²) in [7, 11) is 0. The van der Waals surface area contributed by atoms with Gasteiger partial charge in [-0.15, -0.1) is 0 Å². The van der Waals surface area contributed by atoms with E-state index in [2.05, 4.69) is 9.47 Å². The smallest absolute Gasteiger partial charge is 0.318 e. The SMILES string of the molecule is CC12C(O)OC(=O)C1C1C(=O)OC(=O)C12. The number of cyclic esters (lactones) is 3. The third-order valence-corrected chi connectivity index (χ3v) is 3.80. The summed E-state index contributed by atoms with van der Waals surface area (Å²) in [5, 5.41) is 9.54. The lowest BCUT2D eigenvalue weighted by Crippen LogP contribution is -2.59. The molecule has 0 radical (unpaired) electrons. The van der Waals surface area contributed by atoms with Crippen molar-refractivity contribution in [2.24, 2.45) is 23.2 Å². The van der Waals surface area contributed by atoms with Crippen molar-refractivity contribution >= 4 is 17.9 Å². The zero-order chi connectivity index (χ0) is 11.0. The Morgan fingerprint density at radius 3 is 2.40 bits per heavy atom. The van der Waals surface area contributed by atoms with Crippen LogP contribution in [-0.4, -0.2) is 29.3 Å². The van der Waals surface area contributed by atoms with Crippen LogP contribution in [0.2, 0.25) is 0 Å². The molecule has 2 saturated heterocycles. The molecule has 1 aliphatic carbocycles. The lowest BCUT2D eigenvalue weighted by atomic mass is 9.49. The van der Waals surface area contributed by atoms with Gasteiger partial charge in [0.1, 0.15) is 0 Å². The number of ether oxygens (including phenoxy) is 2. The number of hydrogen-bond acceptors (Lipinski definition) is 6. The summed E-state index contributed by atoms with van der Waals surface area (Å²) < 4.78 is 9.09. The lowest BCUT2D eigenvalue weighted by molar-refractivity contribution is -0.183. The first kappa shape index (κ1) is 8.84. The maximum atomic E-state index is 11.3. The van der Waals surface area contributed by atoms with Crippen molar-refractivity contribution in [1.29, 1.82) is 0 Å². The third kappa shape index (κ3) is 0.707. The molecule has 1 N–H and O–H groups in total. The van der Waals surface area contributed by atoms with E-state index in [0.717, 1.165) is 0 Å². The Labute approximate surface area is 84.1 Å². The summed E-state index contributed by atoms with van der Waals surface area (Å²) in [6, 6.07) is 0. The van der Waals surface area contributed by atoms with E-state index >= 15 is 0 Å². The average Bonchev–Trinajstić information content (AvgIpc) is 2.43. The standard InChI is InChI=1S/C9H8O6/c1-9-3-2(5(10)14-6(3)11)4(9)7(12)15-8(9)13/h2-4,8,13H,1H3. The second kappa shape index (κ2) is 2.21. The monoisotopic (exact) mass is 212 g/mol. The van der Waals surface area contributed by atoms with Gasteiger partial charge >= 0.3 is 17.9 Å². The van der Waals surface area contributed by atoms with Crippen molar-refractivity contribution in [1.82, 2.24) is 0 Å². The number of carbonyl (C=O) groups excluding carboxylic acids is 3. The Kier molecular flexibility index (Phi) is 1.31. The second-order valence-electron chi connectivity index (χ2n) is 4.38. The fraction of sp³-hybridized carbons (Fsp3) is 0.667. The van der Waals surface area contributed by atoms with Gasteiger partial charge < -0.3 is 14.6 Å². The van der Waals surface area contributed by atoms with Gasteiger partial charge in [0.15, 0.2) is 0 Å². The molecule has 6 nitrogen and oxygen atoms in total. The zero-order valence-corrected chi connectivity index (χ0v) is 7.80. The molecule has 0 aromatic heterocycles. The highest BCUT2D eigenvalue weighted by Crippen LogP contribution is 2.64. The molecule has 0 spiro atoms. The number of rotatable bonds is 0. The van der Waals surface area contributed by atoms with Gasteiger partial charge in [-0.25, -0.2) is 0 Å². The summed E-state index contributed by atoms with van der Waals surface area (Å²) in [6.07, 6.45) is -1.32. The largest absolute Gasteiger partial charge is 0.435 e. The van der Waals surface area contributed by atoms with Crippen LogP contribution in [0.4, 0.5) is 0 Å². The van der Waals surface area contributed by atoms with E-state index in [1.807, 2.05) is 0 Å². The first-order valence-corrected chi connectivity index (χ1v) is 4.62. The fourth-order valence-electron chi connectivity index (χ4n) is 2.96. The number of esters is 3. The molecule has 3 fully saturated rings. The summed E-state index contributed by atoms with van der Waals surface area (Å²) >= 11 is 0. The van der Waals surface area contributed by atoms with E-state index in [9.17, 15) is 19.5 Å². The predicted molar refractivity (Wildman–Crippen MR) is 41.8 cm³/mol. The molecule has 15 heavy (non-hydrogen) atoms. The Balaban J connectivity index is 2.08. The second-order valence-corrected chi connectivity index (χ2v) is 4.38. The van der Waals surface area contributed by atoms with Crippen LogP contribution in [0.3, 0.4) is 0 Å². The lowest BCUT2D eigenvalue weighted by Gasteiger charge is -2.46. The van der Waals surface area contributed by atoms with Gasteiger partial charge in [-0.2, -0.15) is 0 Å². The highest BCUT2D eigenvalue weighted by molar-refractivity contribution is 6.03. The van der Waals surface area contributed by atoms with Gasteiger partial charge in [0.25, 0.3) is 0 Å². The number of aliphatic hydroxyl groups is 1. The molecule has 0 aromatic rings. The minimum Gasteiger partial charge on any atom is -0.435 e. The van der Waals surface area contributed by atoms with Gasteiger partial charge in [0.2, 0.25) is 6.29 Å². The number of carbonyl (C=O) groups is 3. The van der Waals surface area contributed by atoms with E-state index in [0.29, 0.717) is 0 Å².